The van der Waals surface area contributed by atoms with E-state index in [2.05, 4.69) is 22.4 Å². The Labute approximate surface area is 102 Å². The zero-order valence-electron chi connectivity index (χ0n) is 10.3. The number of H-pyrrole nitrogens is 1. The van der Waals surface area contributed by atoms with Crippen LogP contribution >= 0.6 is 0 Å². The van der Waals surface area contributed by atoms with Gasteiger partial charge in [0.05, 0.1) is 0 Å². The van der Waals surface area contributed by atoms with E-state index in [9.17, 15) is 4.79 Å². The van der Waals surface area contributed by atoms with Gasteiger partial charge in [0.1, 0.15) is 5.69 Å². The van der Waals surface area contributed by atoms with Gasteiger partial charge in [-0.1, -0.05) is 6.92 Å². The lowest BCUT2D eigenvalue weighted by atomic mass is 10.0. The standard InChI is InChI=1S/C12H20N4O/c1-2-6-13-10-4-8-16(9-5-10)12(17)11-3-7-14-15-11/h3,7,10,13H,2,4-6,8-9H2,1H3,(H,14,15). The molecule has 0 radical (unpaired) electrons. The molecule has 0 atom stereocenters. The number of likely N-dealkylation sites (tertiary alicyclic amines) is 1. The highest BCUT2D eigenvalue weighted by Gasteiger charge is 2.23. The van der Waals surface area contributed by atoms with Gasteiger partial charge in [0.25, 0.3) is 5.91 Å². The van der Waals surface area contributed by atoms with Crippen LogP contribution in [0.2, 0.25) is 0 Å². The van der Waals surface area contributed by atoms with Crippen molar-refractivity contribution in [3.8, 4) is 0 Å². The number of carbonyl (C=O) groups excluding carboxylic acids is 1. The summed E-state index contributed by atoms with van der Waals surface area (Å²) in [4.78, 5) is 13.9. The largest absolute Gasteiger partial charge is 0.337 e. The number of aromatic nitrogens is 2. The highest BCUT2D eigenvalue weighted by Crippen LogP contribution is 2.12. The molecule has 1 aliphatic rings. The van der Waals surface area contributed by atoms with Gasteiger partial charge in [-0.2, -0.15) is 5.10 Å². The van der Waals surface area contributed by atoms with Gasteiger partial charge < -0.3 is 10.2 Å². The minimum Gasteiger partial charge on any atom is -0.337 e. The zero-order chi connectivity index (χ0) is 12.1. The van der Waals surface area contributed by atoms with Crippen molar-refractivity contribution < 1.29 is 4.79 Å². The van der Waals surface area contributed by atoms with E-state index in [0.717, 1.165) is 38.9 Å². The van der Waals surface area contributed by atoms with Crippen LogP contribution < -0.4 is 5.32 Å². The summed E-state index contributed by atoms with van der Waals surface area (Å²) in [6, 6.07) is 2.30. The highest BCUT2D eigenvalue weighted by atomic mass is 16.2. The molecular weight excluding hydrogens is 216 g/mol. The van der Waals surface area contributed by atoms with Crippen molar-refractivity contribution in [3.05, 3.63) is 18.0 Å². The van der Waals surface area contributed by atoms with E-state index in [1.54, 1.807) is 12.3 Å². The van der Waals surface area contributed by atoms with Crippen LogP contribution in [0, 0.1) is 0 Å². The summed E-state index contributed by atoms with van der Waals surface area (Å²) >= 11 is 0. The molecule has 2 rings (SSSR count). The van der Waals surface area contributed by atoms with E-state index >= 15 is 0 Å². The lowest BCUT2D eigenvalue weighted by Crippen LogP contribution is -2.45. The Balaban J connectivity index is 1.81. The topological polar surface area (TPSA) is 61.0 Å². The fourth-order valence-corrected chi connectivity index (χ4v) is 2.18. The number of nitrogens with one attached hydrogen (secondary N) is 2. The van der Waals surface area contributed by atoms with Gasteiger partial charge in [-0.05, 0) is 31.9 Å². The van der Waals surface area contributed by atoms with Crippen molar-refractivity contribution in [2.24, 2.45) is 0 Å². The second-order valence-electron chi connectivity index (χ2n) is 4.49. The maximum atomic E-state index is 12.0. The second kappa shape index (κ2) is 5.82. The molecule has 0 unspecified atom stereocenters. The molecule has 5 nitrogen and oxygen atoms in total. The molecule has 1 aromatic heterocycles. The van der Waals surface area contributed by atoms with Gasteiger partial charge in [-0.3, -0.25) is 9.89 Å². The van der Waals surface area contributed by atoms with Crippen molar-refractivity contribution in [1.82, 2.24) is 20.4 Å². The van der Waals surface area contributed by atoms with Gasteiger partial charge in [0, 0.05) is 25.3 Å². The Kier molecular flexibility index (Phi) is 4.14. The molecule has 94 valence electrons. The minimum absolute atomic E-state index is 0.0661. The lowest BCUT2D eigenvalue weighted by molar-refractivity contribution is 0.0699. The molecule has 1 aliphatic heterocycles. The van der Waals surface area contributed by atoms with Crippen LogP contribution in [0.3, 0.4) is 0 Å². The summed E-state index contributed by atoms with van der Waals surface area (Å²) in [5, 5.41) is 10.0. The Morgan fingerprint density at radius 3 is 2.94 bits per heavy atom. The number of piperidine rings is 1. The Bertz CT molecular complexity index is 341. The Morgan fingerprint density at radius 1 is 1.59 bits per heavy atom. The first-order valence-electron chi connectivity index (χ1n) is 6.33. The monoisotopic (exact) mass is 236 g/mol. The number of carbonyl (C=O) groups is 1. The van der Waals surface area contributed by atoms with Crippen molar-refractivity contribution in [2.75, 3.05) is 19.6 Å². The molecule has 0 saturated carbocycles. The molecular formula is C12H20N4O. The van der Waals surface area contributed by atoms with E-state index in [-0.39, 0.29) is 5.91 Å². The molecule has 0 bridgehead atoms. The first-order valence-corrected chi connectivity index (χ1v) is 6.33. The molecule has 1 fully saturated rings. The molecule has 2 heterocycles. The summed E-state index contributed by atoms with van der Waals surface area (Å²) in [5.74, 6) is 0.0661. The van der Waals surface area contributed by atoms with Gasteiger partial charge >= 0.3 is 0 Å². The molecule has 0 aromatic carbocycles. The fraction of sp³-hybridized carbons (Fsp3) is 0.667. The van der Waals surface area contributed by atoms with Crippen LogP contribution in [0.1, 0.15) is 36.7 Å². The van der Waals surface area contributed by atoms with E-state index < -0.39 is 0 Å². The number of rotatable bonds is 4. The highest BCUT2D eigenvalue weighted by molar-refractivity contribution is 5.92. The van der Waals surface area contributed by atoms with Crippen LogP contribution in [0.4, 0.5) is 0 Å². The first-order chi connectivity index (χ1) is 8.31. The van der Waals surface area contributed by atoms with Crippen molar-refractivity contribution in [3.63, 3.8) is 0 Å². The summed E-state index contributed by atoms with van der Waals surface area (Å²) in [5.41, 5.74) is 0.588. The number of hydrogen-bond acceptors (Lipinski definition) is 3. The fourth-order valence-electron chi connectivity index (χ4n) is 2.18. The maximum Gasteiger partial charge on any atom is 0.271 e. The summed E-state index contributed by atoms with van der Waals surface area (Å²) in [6.07, 6.45) is 4.86. The average Bonchev–Trinajstić information content (AvgIpc) is 2.90. The molecule has 0 aliphatic carbocycles. The minimum atomic E-state index is 0.0661. The average molecular weight is 236 g/mol. The van der Waals surface area contributed by atoms with E-state index in [4.69, 9.17) is 0 Å². The van der Waals surface area contributed by atoms with Crippen LogP contribution in [-0.4, -0.2) is 46.7 Å². The number of nitrogens with zero attached hydrogens (tertiary/aromatic N) is 2. The van der Waals surface area contributed by atoms with Crippen LogP contribution in [-0.2, 0) is 0 Å². The van der Waals surface area contributed by atoms with Crippen LogP contribution in [0.5, 0.6) is 0 Å². The normalized spacial score (nSPS) is 17.4. The lowest BCUT2D eigenvalue weighted by Gasteiger charge is -2.32. The third kappa shape index (κ3) is 3.06. The Hall–Kier alpha value is -1.36. The van der Waals surface area contributed by atoms with E-state index in [1.807, 2.05) is 4.90 Å². The summed E-state index contributed by atoms with van der Waals surface area (Å²) < 4.78 is 0. The van der Waals surface area contributed by atoms with Gasteiger partial charge in [-0.25, -0.2) is 0 Å². The zero-order valence-corrected chi connectivity index (χ0v) is 10.3. The van der Waals surface area contributed by atoms with Crippen molar-refractivity contribution in [1.29, 1.82) is 0 Å². The van der Waals surface area contributed by atoms with E-state index in [1.165, 1.54) is 0 Å². The molecule has 1 saturated heterocycles. The van der Waals surface area contributed by atoms with Crippen LogP contribution in [0.25, 0.3) is 0 Å². The number of aromatic amines is 1. The predicted molar refractivity (Wildman–Crippen MR) is 65.8 cm³/mol. The number of hydrogen-bond donors (Lipinski definition) is 2. The van der Waals surface area contributed by atoms with Crippen LogP contribution in [0.15, 0.2) is 12.3 Å². The van der Waals surface area contributed by atoms with E-state index in [0.29, 0.717) is 11.7 Å². The van der Waals surface area contributed by atoms with Crippen molar-refractivity contribution in [2.45, 2.75) is 32.2 Å². The SMILES string of the molecule is CCCNC1CCN(C(=O)c2ccn[nH]2)CC1. The maximum absolute atomic E-state index is 12.0. The predicted octanol–water partition coefficient (Wildman–Crippen LogP) is 1.01. The van der Waals surface area contributed by atoms with Gasteiger partial charge in [-0.15, -0.1) is 0 Å². The number of amides is 1. The molecule has 0 spiro atoms. The third-order valence-electron chi connectivity index (χ3n) is 3.20. The van der Waals surface area contributed by atoms with Crippen molar-refractivity contribution >= 4 is 5.91 Å². The second-order valence-corrected chi connectivity index (χ2v) is 4.49. The Morgan fingerprint density at radius 2 is 2.35 bits per heavy atom. The molecule has 1 amide bonds. The quantitative estimate of drug-likeness (QED) is 0.820. The summed E-state index contributed by atoms with van der Waals surface area (Å²) in [6.45, 7) is 4.90. The molecule has 2 N–H and O–H groups in total. The first kappa shape index (κ1) is 12.1. The smallest absolute Gasteiger partial charge is 0.271 e. The third-order valence-corrected chi connectivity index (χ3v) is 3.20. The molecule has 1 aromatic rings. The van der Waals surface area contributed by atoms with Gasteiger partial charge in [0.15, 0.2) is 0 Å². The summed E-state index contributed by atoms with van der Waals surface area (Å²) in [7, 11) is 0. The molecule has 17 heavy (non-hydrogen) atoms. The van der Waals surface area contributed by atoms with Gasteiger partial charge in [0.2, 0.25) is 0 Å². The molecule has 5 heteroatoms.